The SMILES string of the molecule is FC(F)(F)c1cc(Cl)c2nc(Nc3ccc(SC4=CC5=CNSN5C=C4)cc3)[nH]c2c1. The molecule has 0 bridgehead atoms. The molecule has 0 saturated heterocycles. The van der Waals surface area contributed by atoms with E-state index in [4.69, 9.17) is 11.6 Å². The van der Waals surface area contributed by atoms with Crippen molar-refractivity contribution in [3.05, 3.63) is 82.1 Å². The molecule has 5 nitrogen and oxygen atoms in total. The lowest BCUT2D eigenvalue weighted by molar-refractivity contribution is -0.137. The number of allylic oxidation sites excluding steroid dienone is 2. The van der Waals surface area contributed by atoms with Gasteiger partial charge in [0.15, 0.2) is 0 Å². The Morgan fingerprint density at radius 2 is 1.97 bits per heavy atom. The molecular weight excluding hydrogens is 467 g/mol. The molecule has 11 heteroatoms. The molecule has 0 saturated carbocycles. The predicted molar refractivity (Wildman–Crippen MR) is 120 cm³/mol. The van der Waals surface area contributed by atoms with Crippen molar-refractivity contribution < 1.29 is 13.2 Å². The van der Waals surface area contributed by atoms with E-state index in [9.17, 15) is 13.2 Å². The maximum atomic E-state index is 13.0. The monoisotopic (exact) mass is 479 g/mol. The van der Waals surface area contributed by atoms with Crippen LogP contribution in [0.5, 0.6) is 0 Å². The number of alkyl halides is 3. The molecule has 0 amide bonds. The number of halogens is 4. The maximum absolute atomic E-state index is 13.0. The van der Waals surface area contributed by atoms with Crippen LogP contribution >= 0.6 is 35.5 Å². The van der Waals surface area contributed by atoms with Crippen LogP contribution in [0.3, 0.4) is 0 Å². The molecular formula is C20H13ClF3N5S2. The molecule has 0 fully saturated rings. The average Bonchev–Trinajstić information content (AvgIpc) is 3.35. The number of H-pyrrole nitrogens is 1. The van der Waals surface area contributed by atoms with Crippen molar-refractivity contribution in [2.75, 3.05) is 5.32 Å². The highest BCUT2D eigenvalue weighted by atomic mass is 35.5. The molecule has 0 aliphatic carbocycles. The minimum absolute atomic E-state index is 0.0563. The highest BCUT2D eigenvalue weighted by molar-refractivity contribution is 8.03. The molecule has 3 aromatic rings. The Balaban J connectivity index is 1.31. The van der Waals surface area contributed by atoms with E-state index < -0.39 is 11.7 Å². The van der Waals surface area contributed by atoms with Gasteiger partial charge in [-0.15, -0.1) is 0 Å². The number of hydrogen-bond acceptors (Lipinski definition) is 6. The van der Waals surface area contributed by atoms with E-state index in [0.717, 1.165) is 33.3 Å². The maximum Gasteiger partial charge on any atom is 0.416 e. The summed E-state index contributed by atoms with van der Waals surface area (Å²) < 4.78 is 44.1. The largest absolute Gasteiger partial charge is 0.416 e. The predicted octanol–water partition coefficient (Wildman–Crippen LogP) is 6.79. The Morgan fingerprint density at radius 3 is 2.74 bits per heavy atom. The van der Waals surface area contributed by atoms with E-state index >= 15 is 0 Å². The Kier molecular flexibility index (Phi) is 5.07. The van der Waals surface area contributed by atoms with E-state index in [-0.39, 0.29) is 16.1 Å². The molecule has 31 heavy (non-hydrogen) atoms. The van der Waals surface area contributed by atoms with Gasteiger partial charge in [-0.25, -0.2) is 4.98 Å². The Hall–Kier alpha value is -2.69. The number of hydrogen-bond donors (Lipinski definition) is 3. The van der Waals surface area contributed by atoms with Crippen molar-refractivity contribution in [1.82, 2.24) is 19.0 Å². The van der Waals surface area contributed by atoms with Crippen LogP contribution in [-0.2, 0) is 6.18 Å². The zero-order chi connectivity index (χ0) is 21.6. The van der Waals surface area contributed by atoms with Crippen molar-refractivity contribution in [3.63, 3.8) is 0 Å². The number of benzene rings is 2. The smallest absolute Gasteiger partial charge is 0.326 e. The second-order valence-electron chi connectivity index (χ2n) is 6.66. The summed E-state index contributed by atoms with van der Waals surface area (Å²) in [6.07, 6.45) is 3.61. The fourth-order valence-electron chi connectivity index (χ4n) is 3.06. The van der Waals surface area contributed by atoms with Crippen LogP contribution in [0.4, 0.5) is 24.8 Å². The minimum atomic E-state index is -4.48. The Bertz CT molecular complexity index is 1250. The number of aromatic nitrogens is 2. The second-order valence-corrected chi connectivity index (χ2v) is 9.02. The first-order valence-electron chi connectivity index (χ1n) is 8.98. The number of imidazole rings is 1. The van der Waals surface area contributed by atoms with Gasteiger partial charge in [0, 0.05) is 27.9 Å². The first-order valence-corrected chi connectivity index (χ1v) is 11.0. The Labute approximate surface area is 188 Å². The van der Waals surface area contributed by atoms with Gasteiger partial charge in [-0.2, -0.15) is 13.2 Å². The first-order chi connectivity index (χ1) is 14.8. The molecule has 0 atom stereocenters. The fourth-order valence-corrected chi connectivity index (χ4v) is 4.79. The lowest BCUT2D eigenvalue weighted by Crippen LogP contribution is -2.05. The van der Waals surface area contributed by atoms with Crippen LogP contribution in [0.1, 0.15) is 5.56 Å². The van der Waals surface area contributed by atoms with Crippen LogP contribution in [0, 0.1) is 0 Å². The molecule has 2 aliphatic rings. The third-order valence-corrected chi connectivity index (χ3v) is 6.53. The van der Waals surface area contributed by atoms with Crippen molar-refractivity contribution in [2.24, 2.45) is 0 Å². The average molecular weight is 480 g/mol. The van der Waals surface area contributed by atoms with E-state index in [1.807, 2.05) is 47.0 Å². The highest BCUT2D eigenvalue weighted by Crippen LogP contribution is 2.37. The summed E-state index contributed by atoms with van der Waals surface area (Å²) in [5, 5.41) is 3.01. The fraction of sp³-hybridized carbons (Fsp3) is 0.0500. The van der Waals surface area contributed by atoms with Gasteiger partial charge in [-0.3, -0.25) is 4.31 Å². The first kappa shape index (κ1) is 20.2. The van der Waals surface area contributed by atoms with Gasteiger partial charge in [0.1, 0.15) is 5.52 Å². The number of fused-ring (bicyclic) bond motifs is 2. The molecule has 3 heterocycles. The highest BCUT2D eigenvalue weighted by Gasteiger charge is 2.31. The van der Waals surface area contributed by atoms with Gasteiger partial charge in [0.05, 0.1) is 33.9 Å². The molecule has 0 unspecified atom stereocenters. The van der Waals surface area contributed by atoms with Crippen LogP contribution < -0.4 is 10.0 Å². The number of nitrogens with zero attached hydrogens (tertiary/aromatic N) is 2. The van der Waals surface area contributed by atoms with Gasteiger partial charge in [0.2, 0.25) is 5.95 Å². The molecule has 158 valence electrons. The lowest BCUT2D eigenvalue weighted by Gasteiger charge is -2.17. The van der Waals surface area contributed by atoms with Gasteiger partial charge in [-0.1, -0.05) is 23.4 Å². The number of aromatic amines is 1. The van der Waals surface area contributed by atoms with Crippen LogP contribution in [-0.4, -0.2) is 14.3 Å². The second kappa shape index (κ2) is 7.77. The van der Waals surface area contributed by atoms with Crippen LogP contribution in [0.2, 0.25) is 5.02 Å². The van der Waals surface area contributed by atoms with E-state index in [2.05, 4.69) is 26.1 Å². The molecule has 0 spiro atoms. The van der Waals surface area contributed by atoms with Crippen molar-refractivity contribution in [2.45, 2.75) is 11.1 Å². The molecule has 0 radical (unpaired) electrons. The quantitative estimate of drug-likeness (QED) is 0.358. The summed E-state index contributed by atoms with van der Waals surface area (Å²) >= 11 is 9.14. The number of anilines is 2. The van der Waals surface area contributed by atoms with Gasteiger partial charge in [0.25, 0.3) is 0 Å². The van der Waals surface area contributed by atoms with Crippen molar-refractivity contribution in [1.29, 1.82) is 0 Å². The van der Waals surface area contributed by atoms with E-state index in [0.29, 0.717) is 5.95 Å². The summed E-state index contributed by atoms with van der Waals surface area (Å²) in [4.78, 5) is 9.28. The minimum Gasteiger partial charge on any atom is -0.326 e. The van der Waals surface area contributed by atoms with Crippen molar-refractivity contribution in [3.8, 4) is 0 Å². The van der Waals surface area contributed by atoms with E-state index in [1.165, 1.54) is 12.1 Å². The van der Waals surface area contributed by atoms with Gasteiger partial charge < -0.3 is 15.0 Å². The summed E-state index contributed by atoms with van der Waals surface area (Å²) in [5.41, 5.74) is 1.51. The summed E-state index contributed by atoms with van der Waals surface area (Å²) in [5.74, 6) is 0.313. The summed E-state index contributed by atoms with van der Waals surface area (Å²) in [7, 11) is 0. The van der Waals surface area contributed by atoms with E-state index in [1.54, 1.807) is 11.8 Å². The van der Waals surface area contributed by atoms with Crippen LogP contribution in [0.15, 0.2) is 76.4 Å². The normalized spacial score (nSPS) is 15.5. The third-order valence-electron chi connectivity index (χ3n) is 4.50. The topological polar surface area (TPSA) is 56.0 Å². The summed E-state index contributed by atoms with van der Waals surface area (Å²) in [6.45, 7) is 0. The zero-order valence-electron chi connectivity index (χ0n) is 15.5. The number of rotatable bonds is 4. The zero-order valence-corrected chi connectivity index (χ0v) is 17.9. The number of nitrogens with one attached hydrogen (secondary N) is 3. The van der Waals surface area contributed by atoms with Gasteiger partial charge >= 0.3 is 6.18 Å². The molecule has 2 aliphatic heterocycles. The standard InChI is InChI=1S/C20H13ClF3N5S2/c21-16-7-11(20(22,23)24)8-17-18(16)28-19(27-17)26-12-1-3-14(4-2-12)30-15-5-6-29-13(9-15)10-25-31-29/h1-10,25H,(H2,26,27,28). The lowest BCUT2D eigenvalue weighted by atomic mass is 10.2. The third kappa shape index (κ3) is 4.23. The molecule has 2 aromatic carbocycles. The molecule has 5 rings (SSSR count). The van der Waals surface area contributed by atoms with Gasteiger partial charge in [-0.05, 0) is 48.6 Å². The Morgan fingerprint density at radius 1 is 1.16 bits per heavy atom. The molecule has 3 N–H and O–H groups in total. The summed E-state index contributed by atoms with van der Waals surface area (Å²) in [6, 6.07) is 9.56. The van der Waals surface area contributed by atoms with Crippen molar-refractivity contribution >= 4 is 58.2 Å². The van der Waals surface area contributed by atoms with Crippen LogP contribution in [0.25, 0.3) is 11.0 Å². The number of thioether (sulfide) groups is 1. The molecule has 1 aromatic heterocycles.